The average molecular weight is 370 g/mol. The summed E-state index contributed by atoms with van der Waals surface area (Å²) in [5.41, 5.74) is 0.467. The largest absolute Gasteiger partial charge is 0.416 e. The lowest BCUT2D eigenvalue weighted by atomic mass is 10.1. The summed E-state index contributed by atoms with van der Waals surface area (Å²) < 4.78 is 39.3. The van der Waals surface area contributed by atoms with Gasteiger partial charge in [-0.15, -0.1) is 11.3 Å². The van der Waals surface area contributed by atoms with Gasteiger partial charge in [-0.25, -0.2) is 0 Å². The number of halogens is 3. The quantitative estimate of drug-likeness (QED) is 0.890. The third kappa shape index (κ3) is 3.50. The molecule has 2 atom stereocenters. The smallest absolute Gasteiger partial charge is 0.396 e. The van der Waals surface area contributed by atoms with E-state index in [2.05, 4.69) is 9.80 Å². The number of anilines is 1. The first-order chi connectivity index (χ1) is 12.0. The van der Waals surface area contributed by atoms with Gasteiger partial charge in [0.15, 0.2) is 0 Å². The van der Waals surface area contributed by atoms with Crippen LogP contribution in [0.2, 0.25) is 0 Å². The van der Waals surface area contributed by atoms with E-state index in [9.17, 15) is 13.2 Å². The first-order valence-electron chi connectivity index (χ1n) is 8.62. The van der Waals surface area contributed by atoms with E-state index >= 15 is 0 Å². The van der Waals surface area contributed by atoms with Gasteiger partial charge >= 0.3 is 6.18 Å². The zero-order valence-corrected chi connectivity index (χ0v) is 14.6. The van der Waals surface area contributed by atoms with Crippen LogP contribution in [0, 0.1) is 11.8 Å². The predicted molar refractivity (Wildman–Crippen MR) is 94.2 cm³/mol. The maximum Gasteiger partial charge on any atom is 0.416 e. The minimum atomic E-state index is -4.29. The number of rotatable bonds is 4. The van der Waals surface area contributed by atoms with Crippen molar-refractivity contribution < 1.29 is 18.3 Å². The summed E-state index contributed by atoms with van der Waals surface area (Å²) in [7, 11) is 0. The fourth-order valence-electron chi connectivity index (χ4n) is 3.70. The number of hydrogen-bond donors (Lipinski definition) is 1. The molecule has 1 aliphatic carbocycles. The Kier molecular flexibility index (Phi) is 4.42. The number of hydrogen-bond acceptors (Lipinski definition) is 4. The summed E-state index contributed by atoms with van der Waals surface area (Å²) in [6, 6.07) is 4.03. The lowest BCUT2D eigenvalue weighted by Gasteiger charge is -2.36. The molecule has 1 unspecified atom stereocenters. The van der Waals surface area contributed by atoms with E-state index in [0.29, 0.717) is 23.1 Å². The highest BCUT2D eigenvalue weighted by Gasteiger charge is 2.38. The summed E-state index contributed by atoms with van der Waals surface area (Å²) in [5, 5.41) is 12.0. The van der Waals surface area contributed by atoms with Crippen LogP contribution >= 0.6 is 11.3 Å². The fourth-order valence-corrected chi connectivity index (χ4v) is 4.71. The van der Waals surface area contributed by atoms with E-state index in [0.717, 1.165) is 50.2 Å². The Hall–Kier alpha value is -1.31. The number of piperazine rings is 1. The standard InChI is InChI=1S/C18H21F3N2OS/c19-18(20,21)14-1-2-15-16(11-25-17(15)8-14)23-5-3-22(4-6-23)9-12-7-13(12)10-24/h1-2,8,11-13,24H,3-7,9-10H2/t12-,13?/m0/s1. The Labute approximate surface area is 148 Å². The minimum absolute atomic E-state index is 0.297. The molecule has 2 aliphatic rings. The minimum Gasteiger partial charge on any atom is -0.396 e. The summed E-state index contributed by atoms with van der Waals surface area (Å²) in [4.78, 5) is 4.71. The third-order valence-corrected chi connectivity index (χ3v) is 6.32. The normalized spacial score (nSPS) is 24.9. The number of alkyl halides is 3. The van der Waals surface area contributed by atoms with Crippen molar-refractivity contribution in [2.24, 2.45) is 11.8 Å². The van der Waals surface area contributed by atoms with Gasteiger partial charge in [0.1, 0.15) is 0 Å². The van der Waals surface area contributed by atoms with E-state index in [1.807, 2.05) is 5.38 Å². The summed E-state index contributed by atoms with van der Waals surface area (Å²) in [6.07, 6.45) is -3.16. The second-order valence-corrected chi connectivity index (χ2v) is 7.97. The molecule has 0 spiro atoms. The van der Waals surface area contributed by atoms with Crippen molar-refractivity contribution in [3.05, 3.63) is 29.1 Å². The van der Waals surface area contributed by atoms with Crippen LogP contribution in [0.4, 0.5) is 18.9 Å². The van der Waals surface area contributed by atoms with Crippen LogP contribution < -0.4 is 4.90 Å². The van der Waals surface area contributed by atoms with E-state index in [4.69, 9.17) is 5.11 Å². The van der Waals surface area contributed by atoms with Crippen molar-refractivity contribution >= 4 is 27.1 Å². The van der Waals surface area contributed by atoms with Crippen LogP contribution in [-0.4, -0.2) is 49.3 Å². The van der Waals surface area contributed by atoms with Gasteiger partial charge in [0.25, 0.3) is 0 Å². The van der Waals surface area contributed by atoms with Gasteiger partial charge in [-0.1, -0.05) is 6.07 Å². The van der Waals surface area contributed by atoms with E-state index in [1.54, 1.807) is 6.07 Å². The first-order valence-corrected chi connectivity index (χ1v) is 9.50. The van der Waals surface area contributed by atoms with Crippen molar-refractivity contribution in [3.63, 3.8) is 0 Å². The van der Waals surface area contributed by atoms with Crippen LogP contribution in [0.5, 0.6) is 0 Å². The van der Waals surface area contributed by atoms with Crippen LogP contribution in [0.25, 0.3) is 10.1 Å². The number of nitrogens with zero attached hydrogens (tertiary/aromatic N) is 2. The zero-order chi connectivity index (χ0) is 17.6. The Morgan fingerprint density at radius 2 is 1.88 bits per heavy atom. The van der Waals surface area contributed by atoms with Gasteiger partial charge in [0, 0.05) is 54.8 Å². The van der Waals surface area contributed by atoms with Crippen molar-refractivity contribution in [2.75, 3.05) is 44.2 Å². The molecule has 7 heteroatoms. The molecule has 0 radical (unpaired) electrons. The van der Waals surface area contributed by atoms with Crippen molar-refractivity contribution in [3.8, 4) is 0 Å². The molecule has 3 nitrogen and oxygen atoms in total. The molecule has 1 saturated carbocycles. The fraction of sp³-hybridized carbons (Fsp3) is 0.556. The van der Waals surface area contributed by atoms with Crippen molar-refractivity contribution in [1.82, 2.24) is 4.90 Å². The Bertz CT molecular complexity index is 752. The van der Waals surface area contributed by atoms with E-state index < -0.39 is 11.7 Å². The average Bonchev–Trinajstić information content (AvgIpc) is 3.20. The molecule has 136 valence electrons. The topological polar surface area (TPSA) is 26.7 Å². The molecule has 1 aromatic carbocycles. The molecule has 1 aromatic heterocycles. The van der Waals surface area contributed by atoms with Gasteiger partial charge in [-0.3, -0.25) is 4.90 Å². The molecular formula is C18H21F3N2OS. The van der Waals surface area contributed by atoms with E-state index in [-0.39, 0.29) is 0 Å². The lowest BCUT2D eigenvalue weighted by Crippen LogP contribution is -2.47. The molecule has 0 amide bonds. The van der Waals surface area contributed by atoms with Crippen molar-refractivity contribution in [1.29, 1.82) is 0 Å². The maximum atomic E-state index is 12.9. The first kappa shape index (κ1) is 17.1. The Morgan fingerprint density at radius 3 is 2.52 bits per heavy atom. The SMILES string of the molecule is OCC1C[C@H]1CN1CCN(c2csc3cc(C(F)(F)F)ccc23)CC1. The van der Waals surface area contributed by atoms with Crippen LogP contribution in [-0.2, 0) is 6.18 Å². The van der Waals surface area contributed by atoms with Gasteiger partial charge in [-0.05, 0) is 30.4 Å². The molecule has 25 heavy (non-hydrogen) atoms. The summed E-state index contributed by atoms with van der Waals surface area (Å²) >= 11 is 1.38. The molecule has 2 fully saturated rings. The number of benzene rings is 1. The van der Waals surface area contributed by atoms with Gasteiger partial charge in [0.2, 0.25) is 0 Å². The van der Waals surface area contributed by atoms with Gasteiger partial charge in [0.05, 0.1) is 11.3 Å². The molecule has 1 aliphatic heterocycles. The second-order valence-electron chi connectivity index (χ2n) is 7.06. The molecule has 2 heterocycles. The zero-order valence-electron chi connectivity index (χ0n) is 13.8. The number of fused-ring (bicyclic) bond motifs is 1. The second kappa shape index (κ2) is 6.45. The highest BCUT2D eigenvalue weighted by molar-refractivity contribution is 7.17. The molecule has 4 rings (SSSR count). The Balaban J connectivity index is 1.43. The van der Waals surface area contributed by atoms with Crippen LogP contribution in [0.1, 0.15) is 12.0 Å². The molecule has 1 saturated heterocycles. The van der Waals surface area contributed by atoms with E-state index in [1.165, 1.54) is 23.5 Å². The molecule has 1 N–H and O–H groups in total. The van der Waals surface area contributed by atoms with Gasteiger partial charge in [-0.2, -0.15) is 13.2 Å². The molecule has 0 bridgehead atoms. The number of thiophene rings is 1. The van der Waals surface area contributed by atoms with Crippen LogP contribution in [0.3, 0.4) is 0 Å². The lowest BCUT2D eigenvalue weighted by molar-refractivity contribution is -0.137. The highest BCUT2D eigenvalue weighted by atomic mass is 32.1. The Morgan fingerprint density at radius 1 is 1.12 bits per heavy atom. The van der Waals surface area contributed by atoms with Gasteiger partial charge < -0.3 is 10.0 Å². The van der Waals surface area contributed by atoms with Crippen molar-refractivity contribution in [2.45, 2.75) is 12.6 Å². The summed E-state index contributed by atoms with van der Waals surface area (Å²) in [5.74, 6) is 1.13. The highest BCUT2D eigenvalue weighted by Crippen LogP contribution is 2.40. The maximum absolute atomic E-state index is 12.9. The third-order valence-electron chi connectivity index (χ3n) is 5.39. The predicted octanol–water partition coefficient (Wildman–Crippen LogP) is 3.67. The monoisotopic (exact) mass is 370 g/mol. The summed E-state index contributed by atoms with van der Waals surface area (Å²) in [6.45, 7) is 5.07. The number of aliphatic hydroxyl groups excluding tert-OH is 1. The molecular weight excluding hydrogens is 349 g/mol. The molecule has 2 aromatic rings. The number of aliphatic hydroxyl groups is 1. The van der Waals surface area contributed by atoms with Crippen LogP contribution in [0.15, 0.2) is 23.6 Å².